The minimum atomic E-state index is -0.449. The first-order chi connectivity index (χ1) is 11.6. The van der Waals surface area contributed by atoms with E-state index in [-0.39, 0.29) is 24.0 Å². The van der Waals surface area contributed by atoms with Crippen molar-refractivity contribution in [2.24, 2.45) is 4.99 Å². The molecule has 7 heteroatoms. The highest BCUT2D eigenvalue weighted by atomic mass is 127. The minimum Gasteiger partial charge on any atom is -0.356 e. The molecule has 0 atom stereocenters. The summed E-state index contributed by atoms with van der Waals surface area (Å²) in [6.45, 7) is 0.965. The Hall–Kier alpha value is -2.21. The van der Waals surface area contributed by atoms with Crippen LogP contribution < -0.4 is 10.6 Å². The lowest BCUT2D eigenvalue weighted by molar-refractivity contribution is 0.583. The van der Waals surface area contributed by atoms with Crippen molar-refractivity contribution in [3.05, 3.63) is 70.8 Å². The Kier molecular flexibility index (Phi) is 8.84. The molecule has 0 aliphatic rings. The molecule has 0 aromatic heterocycles. The minimum absolute atomic E-state index is 0. The lowest BCUT2D eigenvalue weighted by Gasteiger charge is -2.12. The SMILES string of the molecule is CN=C(NCCc1cc(F)ccc1F)NCc1ccc(C#N)cc1.I. The van der Waals surface area contributed by atoms with E-state index in [1.807, 2.05) is 12.1 Å². The van der Waals surface area contributed by atoms with Gasteiger partial charge in [0.25, 0.3) is 0 Å². The Bertz CT molecular complexity index is 755. The molecule has 0 spiro atoms. The van der Waals surface area contributed by atoms with E-state index in [2.05, 4.69) is 21.7 Å². The number of nitrogens with zero attached hydrogens (tertiary/aromatic N) is 2. The van der Waals surface area contributed by atoms with Crippen molar-refractivity contribution in [3.8, 4) is 6.07 Å². The lowest BCUT2D eigenvalue weighted by atomic mass is 10.1. The van der Waals surface area contributed by atoms with E-state index in [1.54, 1.807) is 19.2 Å². The maximum Gasteiger partial charge on any atom is 0.191 e. The van der Waals surface area contributed by atoms with Crippen molar-refractivity contribution in [1.29, 1.82) is 5.26 Å². The molecule has 2 aromatic rings. The summed E-state index contributed by atoms with van der Waals surface area (Å²) in [6, 6.07) is 12.7. The molecule has 25 heavy (non-hydrogen) atoms. The molecule has 0 radical (unpaired) electrons. The highest BCUT2D eigenvalue weighted by Gasteiger charge is 2.04. The molecule has 0 saturated heterocycles. The van der Waals surface area contributed by atoms with E-state index >= 15 is 0 Å². The van der Waals surface area contributed by atoms with Gasteiger partial charge in [-0.05, 0) is 47.9 Å². The van der Waals surface area contributed by atoms with Crippen molar-refractivity contribution < 1.29 is 8.78 Å². The van der Waals surface area contributed by atoms with Crippen molar-refractivity contribution in [3.63, 3.8) is 0 Å². The third-order valence-electron chi connectivity index (χ3n) is 3.46. The molecule has 2 N–H and O–H groups in total. The van der Waals surface area contributed by atoms with Crippen LogP contribution >= 0.6 is 24.0 Å². The van der Waals surface area contributed by atoms with Crippen molar-refractivity contribution in [1.82, 2.24) is 10.6 Å². The summed E-state index contributed by atoms with van der Waals surface area (Å²) in [5, 5.41) is 14.9. The summed E-state index contributed by atoms with van der Waals surface area (Å²) in [4.78, 5) is 4.08. The molecule has 0 heterocycles. The number of rotatable bonds is 5. The maximum absolute atomic E-state index is 13.5. The van der Waals surface area contributed by atoms with Crippen LogP contribution in [0.1, 0.15) is 16.7 Å². The van der Waals surface area contributed by atoms with Crippen LogP contribution in [0.5, 0.6) is 0 Å². The molecular weight excluding hydrogens is 437 g/mol. The average molecular weight is 456 g/mol. The average Bonchev–Trinajstić information content (AvgIpc) is 2.61. The molecule has 0 saturated carbocycles. The predicted octanol–water partition coefficient (Wildman–Crippen LogP) is 3.36. The van der Waals surface area contributed by atoms with Crippen LogP contribution in [0, 0.1) is 23.0 Å². The molecule has 0 aliphatic heterocycles. The van der Waals surface area contributed by atoms with E-state index < -0.39 is 11.6 Å². The van der Waals surface area contributed by atoms with Gasteiger partial charge in [-0.2, -0.15) is 5.26 Å². The molecule has 132 valence electrons. The van der Waals surface area contributed by atoms with Crippen LogP contribution in [0.4, 0.5) is 8.78 Å². The Morgan fingerprint density at radius 1 is 1.12 bits per heavy atom. The van der Waals surface area contributed by atoms with Gasteiger partial charge in [-0.1, -0.05) is 12.1 Å². The number of benzene rings is 2. The van der Waals surface area contributed by atoms with Gasteiger partial charge in [0, 0.05) is 20.1 Å². The van der Waals surface area contributed by atoms with E-state index in [0.29, 0.717) is 36.6 Å². The second-order valence-electron chi connectivity index (χ2n) is 5.15. The second kappa shape index (κ2) is 10.6. The molecule has 0 amide bonds. The second-order valence-corrected chi connectivity index (χ2v) is 5.15. The van der Waals surface area contributed by atoms with Crippen LogP contribution in [0.2, 0.25) is 0 Å². The first-order valence-corrected chi connectivity index (χ1v) is 7.50. The van der Waals surface area contributed by atoms with Gasteiger partial charge in [-0.25, -0.2) is 8.78 Å². The Morgan fingerprint density at radius 2 is 1.84 bits per heavy atom. The monoisotopic (exact) mass is 456 g/mol. The lowest BCUT2D eigenvalue weighted by Crippen LogP contribution is -2.37. The van der Waals surface area contributed by atoms with Crippen LogP contribution in [0.15, 0.2) is 47.5 Å². The van der Waals surface area contributed by atoms with E-state index in [4.69, 9.17) is 5.26 Å². The van der Waals surface area contributed by atoms with E-state index in [9.17, 15) is 8.78 Å². The fourth-order valence-corrected chi connectivity index (χ4v) is 2.15. The largest absolute Gasteiger partial charge is 0.356 e. The summed E-state index contributed by atoms with van der Waals surface area (Å²) < 4.78 is 26.7. The van der Waals surface area contributed by atoms with Crippen molar-refractivity contribution >= 4 is 29.9 Å². The predicted molar refractivity (Wildman–Crippen MR) is 105 cm³/mol. The molecule has 2 rings (SSSR count). The Balaban J connectivity index is 0.00000312. The zero-order chi connectivity index (χ0) is 17.4. The van der Waals surface area contributed by atoms with Gasteiger partial charge >= 0.3 is 0 Å². The van der Waals surface area contributed by atoms with Gasteiger partial charge < -0.3 is 10.6 Å². The van der Waals surface area contributed by atoms with Crippen LogP contribution in [-0.2, 0) is 13.0 Å². The third kappa shape index (κ3) is 6.66. The number of nitrogens with one attached hydrogen (secondary N) is 2. The van der Waals surface area contributed by atoms with Gasteiger partial charge in [-0.3, -0.25) is 4.99 Å². The topological polar surface area (TPSA) is 60.2 Å². The molecule has 0 fully saturated rings. The first kappa shape index (κ1) is 20.8. The van der Waals surface area contributed by atoms with Gasteiger partial charge in [0.2, 0.25) is 0 Å². The molecule has 0 unspecified atom stereocenters. The number of aliphatic imine (C=N–C) groups is 1. The number of nitriles is 1. The summed E-state index contributed by atoms with van der Waals surface area (Å²) in [5.41, 5.74) is 1.94. The smallest absolute Gasteiger partial charge is 0.191 e. The fraction of sp³-hybridized carbons (Fsp3) is 0.222. The quantitative estimate of drug-likeness (QED) is 0.412. The molecule has 4 nitrogen and oxygen atoms in total. The number of guanidine groups is 1. The highest BCUT2D eigenvalue weighted by Crippen LogP contribution is 2.09. The standard InChI is InChI=1S/C18H18F2N4.HI/c1-22-18(24-12-14-4-2-13(11-21)3-5-14)23-9-8-15-10-16(19)6-7-17(15)20;/h2-7,10H,8-9,12H2,1H3,(H2,22,23,24);1H. The highest BCUT2D eigenvalue weighted by molar-refractivity contribution is 14.0. The third-order valence-corrected chi connectivity index (χ3v) is 3.46. The number of halogens is 3. The number of hydrogen-bond donors (Lipinski definition) is 2. The summed E-state index contributed by atoms with van der Waals surface area (Å²) >= 11 is 0. The molecule has 0 aliphatic carbocycles. The number of hydrogen-bond acceptors (Lipinski definition) is 2. The first-order valence-electron chi connectivity index (χ1n) is 7.50. The summed E-state index contributed by atoms with van der Waals surface area (Å²) in [7, 11) is 1.64. The van der Waals surface area contributed by atoms with Gasteiger partial charge in [-0.15, -0.1) is 24.0 Å². The fourth-order valence-electron chi connectivity index (χ4n) is 2.15. The zero-order valence-corrected chi connectivity index (χ0v) is 16.1. The Morgan fingerprint density at radius 3 is 2.48 bits per heavy atom. The van der Waals surface area contributed by atoms with Gasteiger partial charge in [0.15, 0.2) is 5.96 Å². The van der Waals surface area contributed by atoms with Gasteiger partial charge in [0.05, 0.1) is 11.6 Å². The molecule has 2 aromatic carbocycles. The van der Waals surface area contributed by atoms with Crippen molar-refractivity contribution in [2.75, 3.05) is 13.6 Å². The van der Waals surface area contributed by atoms with Crippen molar-refractivity contribution in [2.45, 2.75) is 13.0 Å². The van der Waals surface area contributed by atoms with E-state index in [0.717, 1.165) is 17.7 Å². The van der Waals surface area contributed by atoms with Gasteiger partial charge in [0.1, 0.15) is 11.6 Å². The maximum atomic E-state index is 13.5. The normalized spacial score (nSPS) is 10.6. The summed E-state index contributed by atoms with van der Waals surface area (Å²) in [5.74, 6) is -0.301. The van der Waals surface area contributed by atoms with Crippen LogP contribution in [-0.4, -0.2) is 19.6 Å². The van der Waals surface area contributed by atoms with E-state index in [1.165, 1.54) is 6.07 Å². The van der Waals surface area contributed by atoms with Crippen LogP contribution in [0.25, 0.3) is 0 Å². The summed E-state index contributed by atoms with van der Waals surface area (Å²) in [6.07, 6.45) is 0.348. The zero-order valence-electron chi connectivity index (χ0n) is 13.7. The Labute approximate surface area is 163 Å². The molecular formula is C18H19F2IN4. The molecule has 0 bridgehead atoms. The van der Waals surface area contributed by atoms with Crippen LogP contribution in [0.3, 0.4) is 0 Å².